The first kappa shape index (κ1) is 17.2. The summed E-state index contributed by atoms with van der Waals surface area (Å²) in [5.74, 6) is 2.21. The Morgan fingerprint density at radius 1 is 1.12 bits per heavy atom. The first-order chi connectivity index (χ1) is 12.5. The van der Waals surface area contributed by atoms with E-state index in [-0.39, 0.29) is 11.3 Å². The predicted molar refractivity (Wildman–Crippen MR) is 90.8 cm³/mol. The van der Waals surface area contributed by atoms with E-state index >= 15 is 0 Å². The minimum atomic E-state index is -4.36. The number of hydrogen-bond donors (Lipinski definition) is 0. The quantitative estimate of drug-likeness (QED) is 0.559. The molecule has 0 N–H and O–H groups in total. The fourth-order valence-electron chi connectivity index (χ4n) is 2.82. The summed E-state index contributed by atoms with van der Waals surface area (Å²) < 4.78 is 46.9. The monoisotopic (exact) mass is 379 g/mol. The van der Waals surface area contributed by atoms with Gasteiger partial charge in [0.15, 0.2) is 5.16 Å². The largest absolute Gasteiger partial charge is 0.467 e. The summed E-state index contributed by atoms with van der Waals surface area (Å²) in [6, 6.07) is 9.31. The van der Waals surface area contributed by atoms with Crippen LogP contribution in [0.5, 0.6) is 0 Å². The average Bonchev–Trinajstić information content (AvgIpc) is 3.17. The van der Waals surface area contributed by atoms with Gasteiger partial charge in [-0.15, -0.1) is 10.2 Å². The number of thioether (sulfide) groups is 1. The lowest BCUT2D eigenvalue weighted by Gasteiger charge is -2.12. The van der Waals surface area contributed by atoms with Gasteiger partial charge in [0.25, 0.3) is 0 Å². The first-order valence-electron chi connectivity index (χ1n) is 8.26. The lowest BCUT2D eigenvalue weighted by atomic mass is 10.1. The van der Waals surface area contributed by atoms with E-state index in [4.69, 9.17) is 4.42 Å². The van der Waals surface area contributed by atoms with Crippen LogP contribution in [0.4, 0.5) is 13.2 Å². The molecule has 0 aliphatic heterocycles. The van der Waals surface area contributed by atoms with Crippen LogP contribution < -0.4 is 0 Å². The molecule has 0 amide bonds. The predicted octanol–water partition coefficient (Wildman–Crippen LogP) is 5.11. The molecule has 0 bridgehead atoms. The Balaban J connectivity index is 1.58. The van der Waals surface area contributed by atoms with Crippen molar-refractivity contribution in [2.24, 2.45) is 0 Å². The van der Waals surface area contributed by atoms with Crippen LogP contribution in [0.3, 0.4) is 0 Å². The second-order valence-electron chi connectivity index (χ2n) is 6.22. The maximum absolute atomic E-state index is 13.2. The lowest BCUT2D eigenvalue weighted by Crippen LogP contribution is -2.09. The topological polar surface area (TPSA) is 43.9 Å². The maximum Gasteiger partial charge on any atom is 0.416 e. The van der Waals surface area contributed by atoms with Crippen molar-refractivity contribution in [3.8, 4) is 0 Å². The summed E-state index contributed by atoms with van der Waals surface area (Å²) in [5.41, 5.74) is -0.363. The number of halogens is 3. The Morgan fingerprint density at radius 3 is 2.62 bits per heavy atom. The van der Waals surface area contributed by atoms with Crippen molar-refractivity contribution in [2.45, 2.75) is 42.4 Å². The standard InChI is InChI=1S/C18H16F3N3OS/c19-18(20,21)15-6-2-1-4-13(15)11-26-17-23-22-16(12-7-8-12)24(17)10-14-5-3-9-25-14/h1-6,9,12H,7-8,10-11H2. The maximum atomic E-state index is 13.2. The second kappa shape index (κ2) is 6.83. The molecule has 4 rings (SSSR count). The Labute approximate surface area is 152 Å². The number of benzene rings is 1. The van der Waals surface area contributed by atoms with Gasteiger partial charge >= 0.3 is 6.18 Å². The average molecular weight is 379 g/mol. The molecule has 1 saturated carbocycles. The van der Waals surface area contributed by atoms with Crippen LogP contribution in [0.15, 0.2) is 52.2 Å². The number of furan rings is 1. The van der Waals surface area contributed by atoms with Crippen molar-refractivity contribution in [2.75, 3.05) is 0 Å². The SMILES string of the molecule is FC(F)(F)c1ccccc1CSc1nnc(C2CC2)n1Cc1ccco1. The van der Waals surface area contributed by atoms with E-state index in [1.807, 2.05) is 16.7 Å². The summed E-state index contributed by atoms with van der Waals surface area (Å²) in [4.78, 5) is 0. The fraction of sp³-hybridized carbons (Fsp3) is 0.333. The van der Waals surface area contributed by atoms with Crippen molar-refractivity contribution in [3.05, 3.63) is 65.4 Å². The zero-order valence-corrected chi connectivity index (χ0v) is 14.6. The minimum absolute atomic E-state index is 0.177. The van der Waals surface area contributed by atoms with Gasteiger partial charge in [-0.2, -0.15) is 13.2 Å². The normalized spacial score (nSPS) is 14.7. The van der Waals surface area contributed by atoms with Gasteiger partial charge in [0.1, 0.15) is 11.6 Å². The van der Waals surface area contributed by atoms with Crippen molar-refractivity contribution in [3.63, 3.8) is 0 Å². The molecule has 4 nitrogen and oxygen atoms in total. The Bertz CT molecular complexity index is 885. The van der Waals surface area contributed by atoms with Crippen molar-refractivity contribution >= 4 is 11.8 Å². The Hall–Kier alpha value is -2.22. The van der Waals surface area contributed by atoms with Crippen LogP contribution in [-0.2, 0) is 18.5 Å². The summed E-state index contributed by atoms with van der Waals surface area (Å²) in [6.07, 6.45) is -0.628. The Kier molecular flexibility index (Phi) is 4.52. The summed E-state index contributed by atoms with van der Waals surface area (Å²) >= 11 is 1.27. The first-order valence-corrected chi connectivity index (χ1v) is 9.24. The number of rotatable bonds is 6. The highest BCUT2D eigenvalue weighted by Crippen LogP contribution is 2.41. The highest BCUT2D eigenvalue weighted by Gasteiger charge is 2.33. The van der Waals surface area contributed by atoms with Crippen molar-refractivity contribution in [1.82, 2.24) is 14.8 Å². The summed E-state index contributed by atoms with van der Waals surface area (Å²) in [7, 11) is 0. The molecule has 0 radical (unpaired) electrons. The second-order valence-corrected chi connectivity index (χ2v) is 7.17. The molecule has 0 atom stereocenters. The smallest absolute Gasteiger partial charge is 0.416 e. The zero-order valence-electron chi connectivity index (χ0n) is 13.7. The molecule has 0 unspecified atom stereocenters. The number of nitrogens with zero attached hydrogens (tertiary/aromatic N) is 3. The Morgan fingerprint density at radius 2 is 1.92 bits per heavy atom. The molecule has 3 aromatic rings. The van der Waals surface area contributed by atoms with E-state index in [9.17, 15) is 13.2 Å². The molecule has 0 saturated heterocycles. The zero-order chi connectivity index (χ0) is 18.1. The molecule has 2 aromatic heterocycles. The van der Waals surface area contributed by atoms with E-state index in [0.29, 0.717) is 17.6 Å². The van der Waals surface area contributed by atoms with E-state index in [0.717, 1.165) is 30.5 Å². The molecule has 1 aliphatic carbocycles. The van der Waals surface area contributed by atoms with E-state index < -0.39 is 11.7 Å². The molecule has 26 heavy (non-hydrogen) atoms. The molecule has 0 spiro atoms. The van der Waals surface area contributed by atoms with Gasteiger partial charge in [-0.25, -0.2) is 0 Å². The third kappa shape index (κ3) is 3.65. The van der Waals surface area contributed by atoms with Crippen LogP contribution >= 0.6 is 11.8 Å². The van der Waals surface area contributed by atoms with Gasteiger partial charge in [0, 0.05) is 11.7 Å². The number of hydrogen-bond acceptors (Lipinski definition) is 4. The highest BCUT2D eigenvalue weighted by atomic mass is 32.2. The number of aromatic nitrogens is 3. The van der Waals surface area contributed by atoms with Crippen LogP contribution in [0.25, 0.3) is 0 Å². The van der Waals surface area contributed by atoms with Crippen LogP contribution in [-0.4, -0.2) is 14.8 Å². The van der Waals surface area contributed by atoms with Gasteiger partial charge in [-0.05, 0) is 36.6 Å². The van der Waals surface area contributed by atoms with E-state index in [2.05, 4.69) is 10.2 Å². The third-order valence-corrected chi connectivity index (χ3v) is 5.28. The molecule has 1 aliphatic rings. The van der Waals surface area contributed by atoms with Gasteiger partial charge in [-0.1, -0.05) is 30.0 Å². The third-order valence-electron chi connectivity index (χ3n) is 4.26. The van der Waals surface area contributed by atoms with Gasteiger partial charge in [-0.3, -0.25) is 4.57 Å². The summed E-state index contributed by atoms with van der Waals surface area (Å²) in [5, 5.41) is 9.10. The van der Waals surface area contributed by atoms with Gasteiger partial charge in [0.2, 0.25) is 0 Å². The van der Waals surface area contributed by atoms with Crippen LogP contribution in [0.2, 0.25) is 0 Å². The molecule has 1 fully saturated rings. The molecular weight excluding hydrogens is 363 g/mol. The summed E-state index contributed by atoms with van der Waals surface area (Å²) in [6.45, 7) is 0.481. The molecule has 1 aromatic carbocycles. The lowest BCUT2D eigenvalue weighted by molar-refractivity contribution is -0.138. The molecule has 136 valence electrons. The van der Waals surface area contributed by atoms with Crippen molar-refractivity contribution < 1.29 is 17.6 Å². The molecule has 8 heteroatoms. The van der Waals surface area contributed by atoms with Crippen LogP contribution in [0.1, 0.15) is 41.5 Å². The van der Waals surface area contributed by atoms with Crippen LogP contribution in [0, 0.1) is 0 Å². The highest BCUT2D eigenvalue weighted by molar-refractivity contribution is 7.98. The van der Waals surface area contributed by atoms with Crippen molar-refractivity contribution in [1.29, 1.82) is 0 Å². The fourth-order valence-corrected chi connectivity index (χ4v) is 3.77. The number of alkyl halides is 3. The van der Waals surface area contributed by atoms with Gasteiger partial charge in [0.05, 0.1) is 18.4 Å². The van der Waals surface area contributed by atoms with E-state index in [1.54, 1.807) is 12.3 Å². The minimum Gasteiger partial charge on any atom is -0.467 e. The molecular formula is C18H16F3N3OS. The van der Waals surface area contributed by atoms with E-state index in [1.165, 1.54) is 23.9 Å². The van der Waals surface area contributed by atoms with Gasteiger partial charge < -0.3 is 4.42 Å². The molecule has 2 heterocycles.